The van der Waals surface area contributed by atoms with Crippen LogP contribution in [0.5, 0.6) is 11.6 Å². The van der Waals surface area contributed by atoms with E-state index in [1.807, 2.05) is 86.5 Å². The number of amides is 1. The number of hydrogen-bond acceptors (Lipinski definition) is 4. The first kappa shape index (κ1) is 21.6. The van der Waals surface area contributed by atoms with E-state index in [-0.39, 0.29) is 11.8 Å². The number of carbonyl (C=O) groups is 1. The van der Waals surface area contributed by atoms with E-state index in [2.05, 4.69) is 0 Å². The van der Waals surface area contributed by atoms with Gasteiger partial charge in [-0.15, -0.1) is 0 Å². The van der Waals surface area contributed by atoms with E-state index in [0.717, 1.165) is 22.6 Å². The lowest BCUT2D eigenvalue weighted by molar-refractivity contribution is -0.135. The van der Waals surface area contributed by atoms with Crippen molar-refractivity contribution in [3.05, 3.63) is 66.2 Å². The maximum absolute atomic E-state index is 12.9. The fraction of sp³-hybridized carbons (Fsp3) is 0.333. The lowest BCUT2D eigenvalue weighted by atomic mass is 10.1. The number of para-hydroxylation sites is 1. The monoisotopic (exact) mass is 407 g/mol. The number of carbonyl (C=O) groups excluding carboxylic acids is 1. The second kappa shape index (κ2) is 10.1. The van der Waals surface area contributed by atoms with E-state index < -0.39 is 0 Å². The average molecular weight is 408 g/mol. The maximum Gasteiger partial charge on any atom is 0.225 e. The molecule has 0 radical (unpaired) electrons. The number of rotatable bonds is 9. The standard InChI is InChI=1S/C24H29N3O3/c1-18(2)23(28)27(15-16-29-4)17-21-22(19-11-7-5-8-12-19)25-26(3)24(21)30-20-13-9-6-10-14-20/h5-14,18H,15-17H2,1-4H3. The van der Waals surface area contributed by atoms with Crippen molar-refractivity contribution in [2.75, 3.05) is 20.3 Å². The molecule has 0 bridgehead atoms. The van der Waals surface area contributed by atoms with Crippen LogP contribution in [0.3, 0.4) is 0 Å². The van der Waals surface area contributed by atoms with Gasteiger partial charge in [-0.05, 0) is 12.1 Å². The van der Waals surface area contributed by atoms with Crippen LogP contribution < -0.4 is 4.74 Å². The zero-order valence-electron chi connectivity index (χ0n) is 18.0. The summed E-state index contributed by atoms with van der Waals surface area (Å²) < 4.78 is 13.2. The van der Waals surface area contributed by atoms with Crippen molar-refractivity contribution in [1.29, 1.82) is 0 Å². The van der Waals surface area contributed by atoms with Crippen LogP contribution in [-0.2, 0) is 23.1 Å². The topological polar surface area (TPSA) is 56.6 Å². The molecule has 6 heteroatoms. The summed E-state index contributed by atoms with van der Waals surface area (Å²) in [4.78, 5) is 14.7. The van der Waals surface area contributed by atoms with E-state index in [9.17, 15) is 4.79 Å². The lowest BCUT2D eigenvalue weighted by Crippen LogP contribution is -2.36. The van der Waals surface area contributed by atoms with Gasteiger partial charge in [-0.1, -0.05) is 62.4 Å². The van der Waals surface area contributed by atoms with Crippen LogP contribution in [0.2, 0.25) is 0 Å². The summed E-state index contributed by atoms with van der Waals surface area (Å²) in [7, 11) is 3.50. The summed E-state index contributed by atoms with van der Waals surface area (Å²) in [6, 6.07) is 19.6. The van der Waals surface area contributed by atoms with E-state index in [4.69, 9.17) is 14.6 Å². The molecule has 3 aromatic rings. The number of nitrogens with zero attached hydrogens (tertiary/aromatic N) is 3. The van der Waals surface area contributed by atoms with Gasteiger partial charge in [0.2, 0.25) is 11.8 Å². The normalized spacial score (nSPS) is 11.0. The number of benzene rings is 2. The molecule has 3 rings (SSSR count). The van der Waals surface area contributed by atoms with Crippen molar-refractivity contribution in [2.24, 2.45) is 13.0 Å². The quantitative estimate of drug-likeness (QED) is 0.524. The van der Waals surface area contributed by atoms with Crippen LogP contribution in [0.4, 0.5) is 0 Å². The van der Waals surface area contributed by atoms with E-state index in [1.54, 1.807) is 11.8 Å². The Hall–Kier alpha value is -3.12. The minimum atomic E-state index is -0.114. The highest BCUT2D eigenvalue weighted by atomic mass is 16.5. The second-order valence-electron chi connectivity index (χ2n) is 7.44. The molecule has 0 atom stereocenters. The molecule has 6 nitrogen and oxygen atoms in total. The van der Waals surface area contributed by atoms with Crippen molar-refractivity contribution in [3.8, 4) is 22.9 Å². The third-order valence-electron chi connectivity index (χ3n) is 4.81. The van der Waals surface area contributed by atoms with Crippen LogP contribution >= 0.6 is 0 Å². The Morgan fingerprint density at radius 2 is 1.70 bits per heavy atom. The Morgan fingerprint density at radius 3 is 2.30 bits per heavy atom. The highest BCUT2D eigenvalue weighted by Gasteiger charge is 2.25. The van der Waals surface area contributed by atoms with Gasteiger partial charge in [0.05, 0.1) is 18.7 Å². The fourth-order valence-electron chi connectivity index (χ4n) is 3.28. The molecule has 0 aliphatic heterocycles. The van der Waals surface area contributed by atoms with Gasteiger partial charge in [0.15, 0.2) is 0 Å². The van der Waals surface area contributed by atoms with Crippen LogP contribution in [0.25, 0.3) is 11.3 Å². The molecule has 0 spiro atoms. The molecule has 30 heavy (non-hydrogen) atoms. The van der Waals surface area contributed by atoms with Gasteiger partial charge in [0, 0.05) is 32.2 Å². The molecule has 0 N–H and O–H groups in total. The average Bonchev–Trinajstić information content (AvgIpc) is 3.07. The number of aromatic nitrogens is 2. The molecular formula is C24H29N3O3. The smallest absolute Gasteiger partial charge is 0.225 e. The minimum absolute atomic E-state index is 0.0700. The molecule has 2 aromatic carbocycles. The van der Waals surface area contributed by atoms with Gasteiger partial charge < -0.3 is 14.4 Å². The Balaban J connectivity index is 2.05. The summed E-state index contributed by atoms with van der Waals surface area (Å²) >= 11 is 0. The molecule has 0 saturated heterocycles. The molecule has 0 aliphatic rings. The summed E-state index contributed by atoms with van der Waals surface area (Å²) in [5, 5.41) is 4.74. The molecule has 158 valence electrons. The van der Waals surface area contributed by atoms with Crippen molar-refractivity contribution in [1.82, 2.24) is 14.7 Å². The SMILES string of the molecule is COCCN(Cc1c(-c2ccccc2)nn(C)c1Oc1ccccc1)C(=O)C(C)C. The fourth-order valence-corrected chi connectivity index (χ4v) is 3.28. The predicted molar refractivity (Wildman–Crippen MR) is 117 cm³/mol. The van der Waals surface area contributed by atoms with E-state index >= 15 is 0 Å². The third-order valence-corrected chi connectivity index (χ3v) is 4.81. The number of ether oxygens (including phenoxy) is 2. The van der Waals surface area contributed by atoms with Gasteiger partial charge in [-0.2, -0.15) is 5.10 Å². The predicted octanol–water partition coefficient (Wildman–Crippen LogP) is 4.51. The Bertz CT molecular complexity index is 953. The van der Waals surface area contributed by atoms with Gasteiger partial charge in [-0.3, -0.25) is 4.79 Å². The summed E-state index contributed by atoms with van der Waals surface area (Å²) in [5.41, 5.74) is 2.66. The van der Waals surface area contributed by atoms with Crippen molar-refractivity contribution < 1.29 is 14.3 Å². The Labute approximate surface area is 178 Å². The van der Waals surface area contributed by atoms with Crippen LogP contribution in [0, 0.1) is 5.92 Å². The largest absolute Gasteiger partial charge is 0.439 e. The number of methoxy groups -OCH3 is 1. The van der Waals surface area contributed by atoms with Crippen LogP contribution in [0.1, 0.15) is 19.4 Å². The molecule has 1 amide bonds. The van der Waals surface area contributed by atoms with Gasteiger partial charge in [-0.25, -0.2) is 4.68 Å². The first-order valence-electron chi connectivity index (χ1n) is 10.1. The first-order valence-corrected chi connectivity index (χ1v) is 10.1. The van der Waals surface area contributed by atoms with Crippen molar-refractivity contribution in [2.45, 2.75) is 20.4 Å². The van der Waals surface area contributed by atoms with Crippen molar-refractivity contribution in [3.63, 3.8) is 0 Å². The van der Waals surface area contributed by atoms with Gasteiger partial charge in [0.25, 0.3) is 0 Å². The Morgan fingerprint density at radius 1 is 1.07 bits per heavy atom. The number of aryl methyl sites for hydroxylation is 1. The number of hydrogen-bond donors (Lipinski definition) is 0. The molecule has 0 aliphatic carbocycles. The van der Waals surface area contributed by atoms with E-state index in [1.165, 1.54) is 0 Å². The van der Waals surface area contributed by atoms with E-state index in [0.29, 0.717) is 25.6 Å². The highest BCUT2D eigenvalue weighted by Crippen LogP contribution is 2.34. The molecule has 1 aromatic heterocycles. The summed E-state index contributed by atoms with van der Waals surface area (Å²) in [6.07, 6.45) is 0. The first-order chi connectivity index (χ1) is 14.5. The zero-order chi connectivity index (χ0) is 21.5. The minimum Gasteiger partial charge on any atom is -0.439 e. The molecule has 1 heterocycles. The van der Waals surface area contributed by atoms with Crippen LogP contribution in [0.15, 0.2) is 60.7 Å². The van der Waals surface area contributed by atoms with Gasteiger partial charge >= 0.3 is 0 Å². The summed E-state index contributed by atoms with van der Waals surface area (Å²) in [6.45, 7) is 5.17. The molecular weight excluding hydrogens is 378 g/mol. The van der Waals surface area contributed by atoms with Crippen LogP contribution in [-0.4, -0.2) is 40.8 Å². The zero-order valence-corrected chi connectivity index (χ0v) is 18.0. The lowest BCUT2D eigenvalue weighted by Gasteiger charge is -2.25. The molecule has 0 fully saturated rings. The maximum atomic E-state index is 12.9. The second-order valence-corrected chi connectivity index (χ2v) is 7.44. The van der Waals surface area contributed by atoms with Gasteiger partial charge in [0.1, 0.15) is 11.4 Å². The molecule has 0 saturated carbocycles. The third kappa shape index (κ3) is 5.07. The molecule has 0 unspecified atom stereocenters. The Kier molecular flexibility index (Phi) is 7.25. The highest BCUT2D eigenvalue weighted by molar-refractivity contribution is 5.78. The van der Waals surface area contributed by atoms with Crippen molar-refractivity contribution >= 4 is 5.91 Å². The summed E-state index contributed by atoms with van der Waals surface area (Å²) in [5.74, 6) is 1.30.